The monoisotopic (exact) mass is 309 g/mol. The Labute approximate surface area is 137 Å². The Kier molecular flexibility index (Phi) is 4.60. The molecule has 1 saturated carbocycles. The number of benzene rings is 1. The zero-order valence-corrected chi connectivity index (χ0v) is 13.7. The molecule has 1 amide bonds. The van der Waals surface area contributed by atoms with Crippen molar-refractivity contribution in [1.82, 2.24) is 4.98 Å². The van der Waals surface area contributed by atoms with Crippen molar-refractivity contribution in [3.8, 4) is 0 Å². The van der Waals surface area contributed by atoms with Crippen LogP contribution in [-0.2, 0) is 0 Å². The quantitative estimate of drug-likeness (QED) is 0.885. The molecule has 0 spiro atoms. The minimum absolute atomic E-state index is 0.177. The molecular weight excluding hydrogens is 286 g/mol. The lowest BCUT2D eigenvalue weighted by atomic mass is 10.1. The number of aromatic nitrogens is 1. The van der Waals surface area contributed by atoms with Gasteiger partial charge in [-0.2, -0.15) is 0 Å². The van der Waals surface area contributed by atoms with Crippen molar-refractivity contribution in [2.24, 2.45) is 0 Å². The highest BCUT2D eigenvalue weighted by molar-refractivity contribution is 6.03. The van der Waals surface area contributed by atoms with Crippen LogP contribution >= 0.6 is 0 Å². The molecule has 1 heterocycles. The summed E-state index contributed by atoms with van der Waals surface area (Å²) in [6.45, 7) is 4.09. The van der Waals surface area contributed by atoms with Crippen molar-refractivity contribution < 1.29 is 4.79 Å². The average molecular weight is 309 g/mol. The summed E-state index contributed by atoms with van der Waals surface area (Å²) in [7, 11) is 0. The Morgan fingerprint density at radius 1 is 1.04 bits per heavy atom. The van der Waals surface area contributed by atoms with E-state index in [2.05, 4.69) is 22.5 Å². The summed E-state index contributed by atoms with van der Waals surface area (Å²) in [5.74, 6) is -0.177. The van der Waals surface area contributed by atoms with E-state index in [4.69, 9.17) is 0 Å². The van der Waals surface area contributed by atoms with Crippen LogP contribution in [0.25, 0.3) is 0 Å². The van der Waals surface area contributed by atoms with Gasteiger partial charge in [0, 0.05) is 23.6 Å². The lowest BCUT2D eigenvalue weighted by Gasteiger charge is -2.14. The number of rotatable bonds is 4. The van der Waals surface area contributed by atoms with Gasteiger partial charge >= 0.3 is 0 Å². The van der Waals surface area contributed by atoms with Gasteiger partial charge in [-0.1, -0.05) is 18.9 Å². The molecule has 0 unspecified atom stereocenters. The van der Waals surface area contributed by atoms with E-state index in [0.717, 1.165) is 16.9 Å². The van der Waals surface area contributed by atoms with Crippen LogP contribution in [0.2, 0.25) is 0 Å². The normalized spacial score (nSPS) is 14.7. The standard InChI is InChI=1S/C19H23N3O/c1-13-7-8-16(11-14(13)2)22-19(23)18-12-17(9-10-20-18)21-15-5-3-4-6-15/h7-12,15H,3-6H2,1-2H3,(H,20,21)(H,22,23). The smallest absolute Gasteiger partial charge is 0.274 e. The molecule has 0 radical (unpaired) electrons. The number of nitrogens with zero attached hydrogens (tertiary/aromatic N) is 1. The number of carbonyl (C=O) groups excluding carboxylic acids is 1. The number of amides is 1. The van der Waals surface area contributed by atoms with Crippen molar-refractivity contribution in [2.75, 3.05) is 10.6 Å². The zero-order chi connectivity index (χ0) is 16.2. The second-order valence-electron chi connectivity index (χ2n) is 6.31. The van der Waals surface area contributed by atoms with E-state index in [9.17, 15) is 4.79 Å². The lowest BCUT2D eigenvalue weighted by molar-refractivity contribution is 0.102. The number of anilines is 2. The number of aryl methyl sites for hydroxylation is 2. The summed E-state index contributed by atoms with van der Waals surface area (Å²) >= 11 is 0. The summed E-state index contributed by atoms with van der Waals surface area (Å²) in [4.78, 5) is 16.6. The van der Waals surface area contributed by atoms with Crippen molar-refractivity contribution >= 4 is 17.3 Å². The molecular formula is C19H23N3O. The summed E-state index contributed by atoms with van der Waals surface area (Å²) in [6.07, 6.45) is 6.65. The van der Waals surface area contributed by atoms with Gasteiger partial charge in [-0.25, -0.2) is 0 Å². The third kappa shape index (κ3) is 3.89. The molecule has 120 valence electrons. The van der Waals surface area contributed by atoms with Gasteiger partial charge in [0.2, 0.25) is 0 Å². The maximum atomic E-state index is 12.4. The van der Waals surface area contributed by atoms with Crippen LogP contribution in [0.5, 0.6) is 0 Å². The van der Waals surface area contributed by atoms with Crippen molar-refractivity contribution in [2.45, 2.75) is 45.6 Å². The van der Waals surface area contributed by atoms with Gasteiger partial charge in [-0.3, -0.25) is 9.78 Å². The molecule has 0 aliphatic heterocycles. The first-order chi connectivity index (χ1) is 11.1. The first-order valence-electron chi connectivity index (χ1n) is 8.23. The summed E-state index contributed by atoms with van der Waals surface area (Å²) in [5.41, 5.74) is 4.58. The second-order valence-corrected chi connectivity index (χ2v) is 6.31. The van der Waals surface area contributed by atoms with E-state index in [-0.39, 0.29) is 5.91 Å². The number of hydrogen-bond acceptors (Lipinski definition) is 3. The van der Waals surface area contributed by atoms with E-state index in [0.29, 0.717) is 11.7 Å². The van der Waals surface area contributed by atoms with Crippen LogP contribution in [0.1, 0.15) is 47.3 Å². The predicted molar refractivity (Wildman–Crippen MR) is 94.0 cm³/mol. The van der Waals surface area contributed by atoms with Crippen molar-refractivity contribution in [3.63, 3.8) is 0 Å². The molecule has 0 saturated heterocycles. The SMILES string of the molecule is Cc1ccc(NC(=O)c2cc(NC3CCCC3)ccn2)cc1C. The molecule has 4 nitrogen and oxygen atoms in total. The lowest BCUT2D eigenvalue weighted by Crippen LogP contribution is -2.17. The Balaban J connectivity index is 1.70. The summed E-state index contributed by atoms with van der Waals surface area (Å²) in [5, 5.41) is 6.41. The summed E-state index contributed by atoms with van der Waals surface area (Å²) < 4.78 is 0. The van der Waals surface area contributed by atoms with Crippen LogP contribution in [0.15, 0.2) is 36.5 Å². The van der Waals surface area contributed by atoms with Crippen LogP contribution in [0.3, 0.4) is 0 Å². The van der Waals surface area contributed by atoms with E-state index in [1.807, 2.05) is 37.3 Å². The maximum absolute atomic E-state index is 12.4. The largest absolute Gasteiger partial charge is 0.382 e. The highest BCUT2D eigenvalue weighted by Gasteiger charge is 2.15. The predicted octanol–water partition coefficient (Wildman–Crippen LogP) is 4.31. The molecule has 2 N–H and O–H groups in total. The Morgan fingerprint density at radius 2 is 1.83 bits per heavy atom. The first-order valence-corrected chi connectivity index (χ1v) is 8.23. The van der Waals surface area contributed by atoms with Gasteiger partial charge in [-0.05, 0) is 62.1 Å². The molecule has 1 aliphatic carbocycles. The molecule has 3 rings (SSSR count). The fourth-order valence-corrected chi connectivity index (χ4v) is 2.96. The van der Waals surface area contributed by atoms with E-state index >= 15 is 0 Å². The Morgan fingerprint density at radius 3 is 2.57 bits per heavy atom. The van der Waals surface area contributed by atoms with Gasteiger partial charge in [0.15, 0.2) is 0 Å². The van der Waals surface area contributed by atoms with Crippen LogP contribution in [0.4, 0.5) is 11.4 Å². The first kappa shape index (κ1) is 15.5. The molecule has 1 aromatic heterocycles. The van der Waals surface area contributed by atoms with Gasteiger partial charge in [-0.15, -0.1) is 0 Å². The topological polar surface area (TPSA) is 54.0 Å². The van der Waals surface area contributed by atoms with Gasteiger partial charge in [0.1, 0.15) is 5.69 Å². The number of nitrogens with one attached hydrogen (secondary N) is 2. The zero-order valence-electron chi connectivity index (χ0n) is 13.7. The second kappa shape index (κ2) is 6.82. The minimum atomic E-state index is -0.177. The average Bonchev–Trinajstić information content (AvgIpc) is 3.04. The van der Waals surface area contributed by atoms with Crippen molar-refractivity contribution in [1.29, 1.82) is 0 Å². The van der Waals surface area contributed by atoms with E-state index in [1.54, 1.807) is 6.20 Å². The Hall–Kier alpha value is -2.36. The van der Waals surface area contributed by atoms with E-state index < -0.39 is 0 Å². The molecule has 1 fully saturated rings. The molecule has 4 heteroatoms. The van der Waals surface area contributed by atoms with Gasteiger partial charge in [0.25, 0.3) is 5.91 Å². The third-order valence-corrected chi connectivity index (χ3v) is 4.48. The van der Waals surface area contributed by atoms with Crippen LogP contribution in [-0.4, -0.2) is 16.9 Å². The maximum Gasteiger partial charge on any atom is 0.274 e. The number of pyridine rings is 1. The molecule has 0 atom stereocenters. The molecule has 2 aromatic rings. The highest BCUT2D eigenvalue weighted by atomic mass is 16.1. The minimum Gasteiger partial charge on any atom is -0.382 e. The number of hydrogen-bond donors (Lipinski definition) is 2. The van der Waals surface area contributed by atoms with Crippen molar-refractivity contribution in [3.05, 3.63) is 53.3 Å². The fraction of sp³-hybridized carbons (Fsp3) is 0.368. The fourth-order valence-electron chi connectivity index (χ4n) is 2.96. The molecule has 1 aliphatic rings. The Bertz CT molecular complexity index is 706. The molecule has 1 aromatic carbocycles. The van der Waals surface area contributed by atoms with Crippen LogP contribution in [0, 0.1) is 13.8 Å². The van der Waals surface area contributed by atoms with Gasteiger partial charge < -0.3 is 10.6 Å². The summed E-state index contributed by atoms with van der Waals surface area (Å²) in [6, 6.07) is 10.2. The number of carbonyl (C=O) groups is 1. The van der Waals surface area contributed by atoms with E-state index in [1.165, 1.54) is 31.2 Å². The van der Waals surface area contributed by atoms with Crippen LogP contribution < -0.4 is 10.6 Å². The molecule has 23 heavy (non-hydrogen) atoms. The van der Waals surface area contributed by atoms with Gasteiger partial charge in [0.05, 0.1) is 0 Å². The molecule has 0 bridgehead atoms. The highest BCUT2D eigenvalue weighted by Crippen LogP contribution is 2.22. The third-order valence-electron chi connectivity index (χ3n) is 4.48.